The second kappa shape index (κ2) is 2.68. The molecule has 0 bridgehead atoms. The van der Waals surface area contributed by atoms with Gasteiger partial charge in [0, 0.05) is 13.6 Å². The van der Waals surface area contributed by atoms with Crippen molar-refractivity contribution in [1.82, 2.24) is 5.53 Å². The first-order valence-corrected chi connectivity index (χ1v) is 4.19. The van der Waals surface area contributed by atoms with Crippen LogP contribution in [0.4, 0.5) is 11.4 Å². The molecule has 64 valence electrons. The summed E-state index contributed by atoms with van der Waals surface area (Å²) >= 11 is 0. The fourth-order valence-electron chi connectivity index (χ4n) is 1.51. The molecule has 0 fully saturated rings. The van der Waals surface area contributed by atoms with Gasteiger partial charge < -0.3 is 0 Å². The third kappa shape index (κ3) is 0.940. The molecule has 0 aliphatic carbocycles. The van der Waals surface area contributed by atoms with Gasteiger partial charge in [-0.15, -0.1) is 5.53 Å². The highest BCUT2D eigenvalue weighted by molar-refractivity contribution is 5.73. The number of nitrogens with zero attached hydrogens (tertiary/aromatic N) is 2. The van der Waals surface area contributed by atoms with Gasteiger partial charge in [0.05, 0.1) is 11.4 Å². The molecule has 1 N–H and O–H groups in total. The molecule has 1 aromatic rings. The van der Waals surface area contributed by atoms with Crippen molar-refractivity contribution in [3.8, 4) is 0 Å². The normalized spacial score (nSPS) is 15.2. The number of hydrazine groups is 2. The number of para-hydroxylation sites is 2. The summed E-state index contributed by atoms with van der Waals surface area (Å²) in [6.45, 7) is 3.10. The highest BCUT2D eigenvalue weighted by Crippen LogP contribution is 2.30. The summed E-state index contributed by atoms with van der Waals surface area (Å²) in [7, 11) is 2.02. The van der Waals surface area contributed by atoms with Crippen molar-refractivity contribution in [1.29, 1.82) is 0 Å². The van der Waals surface area contributed by atoms with Crippen LogP contribution in [-0.4, -0.2) is 13.6 Å². The zero-order valence-electron chi connectivity index (χ0n) is 7.41. The van der Waals surface area contributed by atoms with E-state index in [1.807, 2.05) is 12.1 Å². The predicted octanol–water partition coefficient (Wildman–Crippen LogP) is 1.38. The fourth-order valence-corrected chi connectivity index (χ4v) is 1.51. The van der Waals surface area contributed by atoms with Crippen LogP contribution in [0, 0.1) is 0 Å². The highest BCUT2D eigenvalue weighted by atomic mass is 15.8. The van der Waals surface area contributed by atoms with E-state index in [-0.39, 0.29) is 0 Å². The lowest BCUT2D eigenvalue weighted by molar-refractivity contribution is 0.668. The molecule has 3 heteroatoms. The maximum Gasteiger partial charge on any atom is 0.0785 e. The van der Waals surface area contributed by atoms with Gasteiger partial charge >= 0.3 is 0 Å². The third-order valence-corrected chi connectivity index (χ3v) is 2.12. The third-order valence-electron chi connectivity index (χ3n) is 2.12. The van der Waals surface area contributed by atoms with Crippen LogP contribution in [0.25, 0.3) is 0 Å². The number of benzene rings is 1. The molecule has 0 aromatic heterocycles. The fraction of sp³-hybridized carbons (Fsp3) is 0.333. The van der Waals surface area contributed by atoms with Gasteiger partial charge in [0.15, 0.2) is 0 Å². The first-order chi connectivity index (χ1) is 5.83. The van der Waals surface area contributed by atoms with Gasteiger partial charge in [-0.1, -0.05) is 12.1 Å². The minimum absolute atomic E-state index is 0.974. The summed E-state index contributed by atoms with van der Waals surface area (Å²) in [6.07, 6.45) is 0. The maximum atomic E-state index is 3.24. The zero-order valence-corrected chi connectivity index (χ0v) is 7.41. The van der Waals surface area contributed by atoms with Crippen LogP contribution >= 0.6 is 0 Å². The number of fused-ring (bicyclic) bond motifs is 1. The van der Waals surface area contributed by atoms with Crippen molar-refractivity contribution in [2.75, 3.05) is 23.6 Å². The van der Waals surface area contributed by atoms with Crippen LogP contribution in [0.1, 0.15) is 6.92 Å². The quantitative estimate of drug-likeness (QED) is 0.674. The first kappa shape index (κ1) is 7.43. The second-order valence-corrected chi connectivity index (χ2v) is 2.89. The van der Waals surface area contributed by atoms with Crippen molar-refractivity contribution in [2.24, 2.45) is 0 Å². The van der Waals surface area contributed by atoms with E-state index in [0.29, 0.717) is 0 Å². The van der Waals surface area contributed by atoms with Crippen LogP contribution in [0.3, 0.4) is 0 Å². The lowest BCUT2D eigenvalue weighted by atomic mass is 10.2. The van der Waals surface area contributed by atoms with Crippen molar-refractivity contribution in [3.63, 3.8) is 0 Å². The topological polar surface area (TPSA) is 18.5 Å². The largest absolute Gasteiger partial charge is 0.292 e. The number of nitrogens with one attached hydrogen (secondary N) is 1. The Balaban J connectivity index is 2.43. The minimum atomic E-state index is 0.974. The molecule has 2 rings (SSSR count). The van der Waals surface area contributed by atoms with Gasteiger partial charge in [0.2, 0.25) is 0 Å². The molecule has 1 aliphatic rings. The molecule has 0 spiro atoms. The summed E-state index contributed by atoms with van der Waals surface area (Å²) in [6, 6.07) is 8.34. The van der Waals surface area contributed by atoms with Crippen LogP contribution in [0.5, 0.6) is 0 Å². The van der Waals surface area contributed by atoms with Gasteiger partial charge in [-0.3, -0.25) is 10.0 Å². The molecule has 0 unspecified atom stereocenters. The van der Waals surface area contributed by atoms with Crippen molar-refractivity contribution < 1.29 is 0 Å². The molecule has 0 radical (unpaired) electrons. The Bertz CT molecular complexity index is 285. The summed E-state index contributed by atoms with van der Waals surface area (Å²) in [5, 5.41) is 4.15. The van der Waals surface area contributed by atoms with Gasteiger partial charge in [0.1, 0.15) is 0 Å². The maximum absolute atomic E-state index is 3.24. The first-order valence-electron chi connectivity index (χ1n) is 4.19. The molecule has 0 saturated heterocycles. The standard InChI is InChI=1S/C9H13N3/c1-3-12-9-7-5-4-6-8(9)11(2)10-12/h4-7,10H,3H2,1-2H3. The number of hydrogen-bond acceptors (Lipinski definition) is 3. The summed E-state index contributed by atoms with van der Waals surface area (Å²) in [5.74, 6) is 0. The van der Waals surface area contributed by atoms with Crippen LogP contribution < -0.4 is 15.6 Å². The molecule has 12 heavy (non-hydrogen) atoms. The predicted molar refractivity (Wildman–Crippen MR) is 51.0 cm³/mol. The van der Waals surface area contributed by atoms with Crippen molar-refractivity contribution in [2.45, 2.75) is 6.92 Å². The summed E-state index contributed by atoms with van der Waals surface area (Å²) in [4.78, 5) is 0. The molecule has 3 nitrogen and oxygen atoms in total. The van der Waals surface area contributed by atoms with E-state index >= 15 is 0 Å². The molecular weight excluding hydrogens is 150 g/mol. The van der Waals surface area contributed by atoms with Crippen LogP contribution in [-0.2, 0) is 0 Å². The Morgan fingerprint density at radius 1 is 1.25 bits per heavy atom. The zero-order chi connectivity index (χ0) is 8.55. The number of anilines is 2. The monoisotopic (exact) mass is 163 g/mol. The van der Waals surface area contributed by atoms with Gasteiger partial charge in [-0.2, -0.15) is 0 Å². The van der Waals surface area contributed by atoms with E-state index in [4.69, 9.17) is 0 Å². The molecule has 1 aromatic carbocycles. The van der Waals surface area contributed by atoms with Crippen LogP contribution in [0.2, 0.25) is 0 Å². The molecule has 1 heterocycles. The molecule has 0 atom stereocenters. The van der Waals surface area contributed by atoms with Gasteiger partial charge in [-0.25, -0.2) is 0 Å². The average Bonchev–Trinajstić information content (AvgIpc) is 2.44. The average molecular weight is 163 g/mol. The Hall–Kier alpha value is -1.22. The molecule has 0 amide bonds. The Morgan fingerprint density at radius 3 is 2.58 bits per heavy atom. The van der Waals surface area contributed by atoms with Crippen LogP contribution in [0.15, 0.2) is 24.3 Å². The van der Waals surface area contributed by atoms with Crippen molar-refractivity contribution >= 4 is 11.4 Å². The molecule has 0 saturated carbocycles. The SMILES string of the molecule is CCN1NN(C)c2ccccc21. The van der Waals surface area contributed by atoms with E-state index in [2.05, 4.69) is 41.7 Å². The van der Waals surface area contributed by atoms with E-state index in [9.17, 15) is 0 Å². The smallest absolute Gasteiger partial charge is 0.0785 e. The minimum Gasteiger partial charge on any atom is -0.292 e. The van der Waals surface area contributed by atoms with E-state index in [0.717, 1.165) is 6.54 Å². The summed E-state index contributed by atoms with van der Waals surface area (Å²) < 4.78 is 0. The van der Waals surface area contributed by atoms with E-state index in [1.54, 1.807) is 0 Å². The van der Waals surface area contributed by atoms with E-state index in [1.165, 1.54) is 11.4 Å². The van der Waals surface area contributed by atoms with Gasteiger partial charge in [0.25, 0.3) is 0 Å². The highest BCUT2D eigenvalue weighted by Gasteiger charge is 2.19. The second-order valence-electron chi connectivity index (χ2n) is 2.89. The lowest BCUT2D eigenvalue weighted by Gasteiger charge is -2.17. The molecule has 1 aliphatic heterocycles. The lowest BCUT2D eigenvalue weighted by Crippen LogP contribution is -2.41. The Morgan fingerprint density at radius 2 is 1.92 bits per heavy atom. The van der Waals surface area contributed by atoms with Gasteiger partial charge in [-0.05, 0) is 19.1 Å². The molecular formula is C9H13N3. The van der Waals surface area contributed by atoms with E-state index < -0.39 is 0 Å². The Kier molecular flexibility index (Phi) is 1.66. The number of rotatable bonds is 1. The summed E-state index contributed by atoms with van der Waals surface area (Å²) in [5.41, 5.74) is 5.72. The Labute approximate surface area is 72.5 Å². The van der Waals surface area contributed by atoms with Crippen molar-refractivity contribution in [3.05, 3.63) is 24.3 Å². The number of hydrogen-bond donors (Lipinski definition) is 1.